The molecule has 1 aromatic carbocycles. The Labute approximate surface area is 88.2 Å². The van der Waals surface area contributed by atoms with Crippen LogP contribution in [-0.2, 0) is 0 Å². The van der Waals surface area contributed by atoms with E-state index in [9.17, 15) is 0 Å². The van der Waals surface area contributed by atoms with Crippen LogP contribution in [0.5, 0.6) is 5.75 Å². The summed E-state index contributed by atoms with van der Waals surface area (Å²) in [6, 6.07) is 8.16. The fourth-order valence-corrected chi connectivity index (χ4v) is 1.49. The van der Waals surface area contributed by atoms with E-state index in [-0.39, 0.29) is 0 Å². The number of benzene rings is 1. The number of hydrogen-bond acceptors (Lipinski definition) is 1. The molecule has 2 heteroatoms. The van der Waals surface area contributed by atoms with Crippen LogP contribution in [0.2, 0.25) is 0 Å². The lowest BCUT2D eigenvalue weighted by molar-refractivity contribution is 0.310. The first kappa shape index (κ1) is 10.6. The Bertz CT molecular complexity index is 248. The van der Waals surface area contributed by atoms with Gasteiger partial charge in [0.2, 0.25) is 0 Å². The second kappa shape index (κ2) is 6.03. The average molecular weight is 243 g/mol. The molecular formula is C11H15BrO. The summed E-state index contributed by atoms with van der Waals surface area (Å²) in [6.45, 7) is 2.89. The van der Waals surface area contributed by atoms with Crippen LogP contribution in [0.3, 0.4) is 0 Å². The second-order valence-corrected chi connectivity index (χ2v) is 3.85. The molecule has 0 saturated heterocycles. The number of ether oxygens (including phenoxy) is 1. The van der Waals surface area contributed by atoms with E-state index in [1.165, 1.54) is 12.0 Å². The van der Waals surface area contributed by atoms with Crippen LogP contribution in [0.1, 0.15) is 18.4 Å². The number of rotatable bonds is 5. The average Bonchev–Trinajstić information content (AvgIpc) is 2.13. The predicted octanol–water partition coefficient (Wildman–Crippen LogP) is 3.55. The predicted molar refractivity (Wildman–Crippen MR) is 59.7 cm³/mol. The highest BCUT2D eigenvalue weighted by Crippen LogP contribution is 2.12. The van der Waals surface area contributed by atoms with E-state index < -0.39 is 0 Å². The summed E-state index contributed by atoms with van der Waals surface area (Å²) in [4.78, 5) is 0. The number of alkyl halides is 1. The van der Waals surface area contributed by atoms with Gasteiger partial charge in [0.15, 0.2) is 0 Å². The Morgan fingerprint density at radius 3 is 2.85 bits per heavy atom. The molecule has 1 nitrogen and oxygen atoms in total. The first-order valence-corrected chi connectivity index (χ1v) is 5.70. The molecule has 0 amide bonds. The first-order chi connectivity index (χ1) is 6.33. The topological polar surface area (TPSA) is 9.23 Å². The summed E-state index contributed by atoms with van der Waals surface area (Å²) < 4.78 is 5.57. The minimum Gasteiger partial charge on any atom is -0.494 e. The van der Waals surface area contributed by atoms with Crippen molar-refractivity contribution >= 4 is 15.9 Å². The monoisotopic (exact) mass is 242 g/mol. The van der Waals surface area contributed by atoms with Gasteiger partial charge in [-0.3, -0.25) is 0 Å². The standard InChI is InChI=1S/C11H15BrO/c1-10-5-4-6-11(9-10)13-8-3-2-7-12/h4-6,9H,2-3,7-8H2,1H3. The van der Waals surface area contributed by atoms with Crippen molar-refractivity contribution in [3.63, 3.8) is 0 Å². The van der Waals surface area contributed by atoms with Crippen LogP contribution in [-0.4, -0.2) is 11.9 Å². The zero-order chi connectivity index (χ0) is 9.52. The van der Waals surface area contributed by atoms with E-state index in [1.807, 2.05) is 12.1 Å². The quantitative estimate of drug-likeness (QED) is 0.567. The Morgan fingerprint density at radius 2 is 2.15 bits per heavy atom. The van der Waals surface area contributed by atoms with Crippen molar-refractivity contribution in [1.82, 2.24) is 0 Å². The Kier molecular flexibility index (Phi) is 4.91. The van der Waals surface area contributed by atoms with E-state index in [1.54, 1.807) is 0 Å². The molecule has 0 fully saturated rings. The summed E-state index contributed by atoms with van der Waals surface area (Å²) in [5.41, 5.74) is 1.25. The third-order valence-corrected chi connectivity index (χ3v) is 2.35. The molecule has 13 heavy (non-hydrogen) atoms. The van der Waals surface area contributed by atoms with Gasteiger partial charge in [0.1, 0.15) is 5.75 Å². The third-order valence-electron chi connectivity index (χ3n) is 1.79. The van der Waals surface area contributed by atoms with Crippen molar-refractivity contribution in [3.05, 3.63) is 29.8 Å². The summed E-state index contributed by atoms with van der Waals surface area (Å²) in [5, 5.41) is 1.06. The van der Waals surface area contributed by atoms with Gasteiger partial charge in [0.25, 0.3) is 0 Å². The lowest BCUT2D eigenvalue weighted by atomic mass is 10.2. The van der Waals surface area contributed by atoms with Crippen LogP contribution < -0.4 is 4.74 Å². The first-order valence-electron chi connectivity index (χ1n) is 4.58. The number of halogens is 1. The van der Waals surface area contributed by atoms with Crippen LogP contribution in [0.25, 0.3) is 0 Å². The molecule has 0 unspecified atom stereocenters. The minimum atomic E-state index is 0.815. The lowest BCUT2D eigenvalue weighted by Crippen LogP contribution is -1.97. The van der Waals surface area contributed by atoms with Crippen molar-refractivity contribution in [3.8, 4) is 5.75 Å². The van der Waals surface area contributed by atoms with Gasteiger partial charge in [-0.2, -0.15) is 0 Å². The molecular weight excluding hydrogens is 228 g/mol. The molecule has 1 aromatic rings. The summed E-state index contributed by atoms with van der Waals surface area (Å²) >= 11 is 3.39. The van der Waals surface area contributed by atoms with Crippen molar-refractivity contribution in [2.75, 3.05) is 11.9 Å². The number of unbranched alkanes of at least 4 members (excludes halogenated alkanes) is 1. The van der Waals surface area contributed by atoms with Crippen LogP contribution in [0.15, 0.2) is 24.3 Å². The molecule has 0 aromatic heterocycles. The smallest absolute Gasteiger partial charge is 0.119 e. The van der Waals surface area contributed by atoms with Crippen LogP contribution >= 0.6 is 15.9 Å². The van der Waals surface area contributed by atoms with Gasteiger partial charge in [0, 0.05) is 5.33 Å². The zero-order valence-corrected chi connectivity index (χ0v) is 9.51. The van der Waals surface area contributed by atoms with Gasteiger partial charge in [-0.1, -0.05) is 28.1 Å². The fraction of sp³-hybridized carbons (Fsp3) is 0.455. The molecule has 0 aliphatic rings. The van der Waals surface area contributed by atoms with E-state index in [4.69, 9.17) is 4.74 Å². The molecule has 0 heterocycles. The van der Waals surface area contributed by atoms with Gasteiger partial charge in [-0.25, -0.2) is 0 Å². The molecule has 0 bridgehead atoms. The molecule has 0 N–H and O–H groups in total. The molecule has 0 radical (unpaired) electrons. The van der Waals surface area contributed by atoms with E-state index in [0.29, 0.717) is 0 Å². The maximum Gasteiger partial charge on any atom is 0.119 e. The van der Waals surface area contributed by atoms with Gasteiger partial charge in [-0.05, 0) is 37.5 Å². The molecule has 0 aliphatic heterocycles. The highest BCUT2D eigenvalue weighted by Gasteiger charge is 1.92. The summed E-state index contributed by atoms with van der Waals surface area (Å²) in [7, 11) is 0. The SMILES string of the molecule is Cc1cccc(OCCCCBr)c1. The second-order valence-electron chi connectivity index (χ2n) is 3.06. The van der Waals surface area contributed by atoms with Gasteiger partial charge in [0.05, 0.1) is 6.61 Å². The minimum absolute atomic E-state index is 0.815. The molecule has 0 aliphatic carbocycles. The molecule has 0 spiro atoms. The fourth-order valence-electron chi connectivity index (χ4n) is 1.09. The van der Waals surface area contributed by atoms with E-state index in [2.05, 4.69) is 35.0 Å². The van der Waals surface area contributed by atoms with Crippen molar-refractivity contribution in [2.24, 2.45) is 0 Å². The number of aryl methyl sites for hydroxylation is 1. The largest absolute Gasteiger partial charge is 0.494 e. The zero-order valence-electron chi connectivity index (χ0n) is 7.92. The van der Waals surface area contributed by atoms with Crippen molar-refractivity contribution in [2.45, 2.75) is 19.8 Å². The Hall–Kier alpha value is -0.500. The molecule has 0 saturated carbocycles. The maximum atomic E-state index is 5.57. The molecule has 72 valence electrons. The van der Waals surface area contributed by atoms with Crippen molar-refractivity contribution in [1.29, 1.82) is 0 Å². The lowest BCUT2D eigenvalue weighted by Gasteiger charge is -2.05. The highest BCUT2D eigenvalue weighted by atomic mass is 79.9. The number of hydrogen-bond donors (Lipinski definition) is 0. The summed E-state index contributed by atoms with van der Waals surface area (Å²) in [6.07, 6.45) is 2.28. The molecule has 1 rings (SSSR count). The van der Waals surface area contributed by atoms with E-state index in [0.717, 1.165) is 24.1 Å². The third kappa shape index (κ3) is 4.32. The Balaban J connectivity index is 2.28. The van der Waals surface area contributed by atoms with Gasteiger partial charge < -0.3 is 4.74 Å². The van der Waals surface area contributed by atoms with E-state index >= 15 is 0 Å². The van der Waals surface area contributed by atoms with Crippen molar-refractivity contribution < 1.29 is 4.74 Å². The highest BCUT2D eigenvalue weighted by molar-refractivity contribution is 9.09. The maximum absolute atomic E-state index is 5.57. The normalized spacial score (nSPS) is 10.0. The van der Waals surface area contributed by atoms with Gasteiger partial charge >= 0.3 is 0 Å². The van der Waals surface area contributed by atoms with Crippen LogP contribution in [0, 0.1) is 6.92 Å². The Morgan fingerprint density at radius 1 is 1.31 bits per heavy atom. The summed E-state index contributed by atoms with van der Waals surface area (Å²) in [5.74, 6) is 0.981. The van der Waals surface area contributed by atoms with Gasteiger partial charge in [-0.15, -0.1) is 0 Å². The molecule has 0 atom stereocenters. The van der Waals surface area contributed by atoms with Crippen LogP contribution in [0.4, 0.5) is 0 Å².